The summed E-state index contributed by atoms with van der Waals surface area (Å²) in [7, 11) is 4.36. The van der Waals surface area contributed by atoms with Crippen molar-refractivity contribution in [1.29, 1.82) is 0 Å². The van der Waals surface area contributed by atoms with Crippen molar-refractivity contribution in [3.63, 3.8) is 0 Å². The molecule has 1 aromatic heterocycles. The summed E-state index contributed by atoms with van der Waals surface area (Å²) >= 11 is 0. The Labute approximate surface area is 116 Å². The topological polar surface area (TPSA) is 31.4 Å². The van der Waals surface area contributed by atoms with E-state index in [2.05, 4.69) is 53.3 Å². The molecule has 1 unspecified atom stereocenters. The maximum Gasteiger partial charge on any atom is 0.125 e. The molecular formula is C15H26N4. The summed E-state index contributed by atoms with van der Waals surface area (Å²) in [6, 6.07) is 4.96. The van der Waals surface area contributed by atoms with Gasteiger partial charge in [-0.1, -0.05) is 6.07 Å². The fraction of sp³-hybridized carbons (Fsp3) is 0.667. The van der Waals surface area contributed by atoms with Gasteiger partial charge < -0.3 is 10.2 Å². The minimum Gasteiger partial charge on any atom is -0.370 e. The highest BCUT2D eigenvalue weighted by Crippen LogP contribution is 2.16. The van der Waals surface area contributed by atoms with E-state index in [9.17, 15) is 0 Å². The average molecular weight is 262 g/mol. The maximum atomic E-state index is 4.44. The van der Waals surface area contributed by atoms with Gasteiger partial charge in [-0.05, 0) is 52.0 Å². The summed E-state index contributed by atoms with van der Waals surface area (Å²) in [5.41, 5.74) is 1.31. The normalized spacial score (nSPS) is 20.7. The van der Waals surface area contributed by atoms with Crippen molar-refractivity contribution in [3.05, 3.63) is 23.9 Å². The number of rotatable bonds is 5. The molecule has 1 aromatic rings. The van der Waals surface area contributed by atoms with Crippen LogP contribution in [0, 0.1) is 0 Å². The molecule has 0 bridgehead atoms. The van der Waals surface area contributed by atoms with Crippen LogP contribution < -0.4 is 5.32 Å². The third kappa shape index (κ3) is 4.18. The highest BCUT2D eigenvalue weighted by molar-refractivity contribution is 5.35. The summed E-state index contributed by atoms with van der Waals surface area (Å²) in [5.74, 6) is 0.969. The van der Waals surface area contributed by atoms with E-state index in [1.165, 1.54) is 31.5 Å². The molecule has 1 fully saturated rings. The molecule has 0 saturated carbocycles. The van der Waals surface area contributed by atoms with Crippen molar-refractivity contribution >= 4 is 5.82 Å². The number of hydrogen-bond donors (Lipinski definition) is 1. The van der Waals surface area contributed by atoms with Crippen molar-refractivity contribution in [3.8, 4) is 0 Å². The standard InChI is InChI=1S/C15H26N4/c1-4-16-15-8-7-13(10-17-15)11-19-9-5-6-14(12-19)18(2)3/h7-8,10,14H,4-6,9,11-12H2,1-3H3,(H,16,17). The van der Waals surface area contributed by atoms with Gasteiger partial charge in [-0.2, -0.15) is 0 Å². The molecule has 2 rings (SSSR count). The molecule has 2 heterocycles. The van der Waals surface area contributed by atoms with Crippen LogP contribution in [-0.2, 0) is 6.54 Å². The van der Waals surface area contributed by atoms with Crippen LogP contribution in [0.2, 0.25) is 0 Å². The second-order valence-corrected chi connectivity index (χ2v) is 5.58. The summed E-state index contributed by atoms with van der Waals surface area (Å²) in [5, 5.41) is 3.23. The number of likely N-dealkylation sites (N-methyl/N-ethyl adjacent to an activating group) is 1. The van der Waals surface area contributed by atoms with E-state index in [0.29, 0.717) is 6.04 Å². The van der Waals surface area contributed by atoms with Crippen LogP contribution in [0.25, 0.3) is 0 Å². The molecule has 4 heteroatoms. The van der Waals surface area contributed by atoms with Crippen LogP contribution >= 0.6 is 0 Å². The van der Waals surface area contributed by atoms with Crippen molar-refractivity contribution in [2.45, 2.75) is 32.4 Å². The Kier molecular flexibility index (Phi) is 5.16. The van der Waals surface area contributed by atoms with Crippen LogP contribution in [0.15, 0.2) is 18.3 Å². The van der Waals surface area contributed by atoms with Gasteiger partial charge in [0.05, 0.1) is 0 Å². The SMILES string of the molecule is CCNc1ccc(CN2CCCC(N(C)C)C2)cn1. The Balaban J connectivity index is 1.89. The van der Waals surface area contributed by atoms with E-state index in [-0.39, 0.29) is 0 Å². The smallest absolute Gasteiger partial charge is 0.125 e. The predicted molar refractivity (Wildman–Crippen MR) is 80.4 cm³/mol. The van der Waals surface area contributed by atoms with E-state index in [1.807, 2.05) is 6.20 Å². The molecule has 1 aliphatic heterocycles. The lowest BCUT2D eigenvalue weighted by atomic mass is 10.0. The summed E-state index contributed by atoms with van der Waals surface area (Å²) in [4.78, 5) is 9.33. The Morgan fingerprint density at radius 2 is 2.26 bits per heavy atom. The molecule has 0 spiro atoms. The van der Waals surface area contributed by atoms with Gasteiger partial charge in [-0.15, -0.1) is 0 Å². The third-order valence-electron chi connectivity index (χ3n) is 3.80. The van der Waals surface area contributed by atoms with Gasteiger partial charge in [0.25, 0.3) is 0 Å². The van der Waals surface area contributed by atoms with Crippen LogP contribution in [0.1, 0.15) is 25.3 Å². The molecule has 1 aliphatic rings. The number of anilines is 1. The fourth-order valence-electron chi connectivity index (χ4n) is 2.66. The van der Waals surface area contributed by atoms with Crippen LogP contribution in [0.4, 0.5) is 5.82 Å². The summed E-state index contributed by atoms with van der Waals surface area (Å²) in [6.07, 6.45) is 4.62. The number of pyridine rings is 1. The van der Waals surface area contributed by atoms with Gasteiger partial charge >= 0.3 is 0 Å². The molecule has 1 atom stereocenters. The maximum absolute atomic E-state index is 4.44. The molecule has 0 amide bonds. The molecular weight excluding hydrogens is 236 g/mol. The lowest BCUT2D eigenvalue weighted by molar-refractivity contribution is 0.128. The first kappa shape index (κ1) is 14.3. The zero-order valence-electron chi connectivity index (χ0n) is 12.4. The minimum atomic E-state index is 0.697. The van der Waals surface area contributed by atoms with Gasteiger partial charge in [0.15, 0.2) is 0 Å². The molecule has 0 radical (unpaired) electrons. The minimum absolute atomic E-state index is 0.697. The quantitative estimate of drug-likeness (QED) is 0.880. The van der Waals surface area contributed by atoms with E-state index >= 15 is 0 Å². The Bertz CT molecular complexity index is 374. The summed E-state index contributed by atoms with van der Waals surface area (Å²) < 4.78 is 0. The van der Waals surface area contributed by atoms with Crippen molar-refractivity contribution in [2.24, 2.45) is 0 Å². The van der Waals surface area contributed by atoms with Gasteiger partial charge in [0.1, 0.15) is 5.82 Å². The number of likely N-dealkylation sites (tertiary alicyclic amines) is 1. The van der Waals surface area contributed by atoms with Gasteiger partial charge in [0.2, 0.25) is 0 Å². The fourth-order valence-corrected chi connectivity index (χ4v) is 2.66. The van der Waals surface area contributed by atoms with Crippen molar-refractivity contribution in [2.75, 3.05) is 39.0 Å². The molecule has 0 aromatic carbocycles. The lowest BCUT2D eigenvalue weighted by Gasteiger charge is -2.36. The molecule has 106 valence electrons. The van der Waals surface area contributed by atoms with Gasteiger partial charge in [0, 0.05) is 31.9 Å². The van der Waals surface area contributed by atoms with Crippen LogP contribution in [0.5, 0.6) is 0 Å². The third-order valence-corrected chi connectivity index (χ3v) is 3.80. The highest BCUT2D eigenvalue weighted by atomic mass is 15.2. The Morgan fingerprint density at radius 1 is 1.42 bits per heavy atom. The largest absolute Gasteiger partial charge is 0.370 e. The molecule has 0 aliphatic carbocycles. The average Bonchev–Trinajstić information content (AvgIpc) is 2.42. The molecule has 1 saturated heterocycles. The lowest BCUT2D eigenvalue weighted by Crippen LogP contribution is -2.44. The molecule has 1 N–H and O–H groups in total. The number of piperidine rings is 1. The van der Waals surface area contributed by atoms with E-state index in [0.717, 1.165) is 18.9 Å². The number of hydrogen-bond acceptors (Lipinski definition) is 4. The number of nitrogens with one attached hydrogen (secondary N) is 1. The van der Waals surface area contributed by atoms with Crippen molar-refractivity contribution < 1.29 is 0 Å². The second kappa shape index (κ2) is 6.87. The van der Waals surface area contributed by atoms with E-state index in [1.54, 1.807) is 0 Å². The molecule has 19 heavy (non-hydrogen) atoms. The first-order valence-electron chi connectivity index (χ1n) is 7.26. The zero-order valence-corrected chi connectivity index (χ0v) is 12.4. The Morgan fingerprint density at radius 3 is 2.89 bits per heavy atom. The highest BCUT2D eigenvalue weighted by Gasteiger charge is 2.21. The van der Waals surface area contributed by atoms with Crippen molar-refractivity contribution in [1.82, 2.24) is 14.8 Å². The zero-order chi connectivity index (χ0) is 13.7. The van der Waals surface area contributed by atoms with Crippen LogP contribution in [-0.4, -0.2) is 54.6 Å². The Hall–Kier alpha value is -1.13. The first-order chi connectivity index (χ1) is 9.19. The predicted octanol–water partition coefficient (Wildman–Crippen LogP) is 2.04. The van der Waals surface area contributed by atoms with Gasteiger partial charge in [-0.3, -0.25) is 4.90 Å². The van der Waals surface area contributed by atoms with E-state index in [4.69, 9.17) is 0 Å². The monoisotopic (exact) mass is 262 g/mol. The molecule has 4 nitrogen and oxygen atoms in total. The second-order valence-electron chi connectivity index (χ2n) is 5.58. The van der Waals surface area contributed by atoms with E-state index < -0.39 is 0 Å². The first-order valence-corrected chi connectivity index (χ1v) is 7.26. The number of nitrogens with zero attached hydrogens (tertiary/aromatic N) is 3. The van der Waals surface area contributed by atoms with Gasteiger partial charge in [-0.25, -0.2) is 4.98 Å². The van der Waals surface area contributed by atoms with Crippen LogP contribution in [0.3, 0.4) is 0 Å². The number of aromatic nitrogens is 1. The summed E-state index contributed by atoms with van der Waals surface area (Å²) in [6.45, 7) is 6.40.